The van der Waals surface area contributed by atoms with Gasteiger partial charge in [-0.25, -0.2) is 8.42 Å². The second kappa shape index (κ2) is 10.7. The molecule has 0 amide bonds. The van der Waals surface area contributed by atoms with Gasteiger partial charge < -0.3 is 5.11 Å². The van der Waals surface area contributed by atoms with Gasteiger partial charge in [0.05, 0.1) is 10.6 Å². The van der Waals surface area contributed by atoms with Crippen molar-refractivity contribution >= 4 is 20.9 Å². The smallest absolute Gasteiger partial charge is 0.178 e. The first-order valence-electron chi connectivity index (χ1n) is 14.1. The Hall–Kier alpha value is -3.19. The van der Waals surface area contributed by atoms with E-state index >= 15 is 0 Å². The average molecular weight is 562 g/mol. The summed E-state index contributed by atoms with van der Waals surface area (Å²) in [5, 5.41) is 21.1. The number of rotatable bonds is 9. The maximum Gasteiger partial charge on any atom is 0.178 e. The number of benzene rings is 3. The molecule has 0 spiro atoms. The number of hydrogen-bond acceptors (Lipinski definition) is 5. The molecule has 1 N–H and O–H groups in total. The van der Waals surface area contributed by atoms with E-state index in [9.17, 15) is 13.5 Å². The second-order valence-corrected chi connectivity index (χ2v) is 15.4. The quantitative estimate of drug-likeness (QED) is 0.226. The Morgan fingerprint density at radius 1 is 0.825 bits per heavy atom. The standard InChI is InChI=1S/C33H43N3O3S/c1-9-10-18-40(38,39)25-16-17-27-28(21-25)35-36(34-27)29-20-24(32(5,6)22-31(2,3)4)19-26(30(29)37)33(7,8)23-14-12-11-13-15-23/h11-17,19-21,37H,9-10,18,22H2,1-8H3. The third-order valence-electron chi connectivity index (χ3n) is 7.71. The molecule has 0 saturated heterocycles. The first-order valence-corrected chi connectivity index (χ1v) is 15.7. The number of sulfone groups is 1. The van der Waals surface area contributed by atoms with Gasteiger partial charge in [-0.15, -0.1) is 15.0 Å². The molecule has 0 saturated carbocycles. The number of hydrogen-bond donors (Lipinski definition) is 1. The van der Waals surface area contributed by atoms with Gasteiger partial charge in [0.1, 0.15) is 22.5 Å². The molecule has 0 aliphatic rings. The van der Waals surface area contributed by atoms with Gasteiger partial charge in [-0.05, 0) is 59.1 Å². The van der Waals surface area contributed by atoms with E-state index < -0.39 is 15.3 Å². The molecule has 0 unspecified atom stereocenters. The molecule has 0 bridgehead atoms. The van der Waals surface area contributed by atoms with Gasteiger partial charge in [0.25, 0.3) is 0 Å². The van der Waals surface area contributed by atoms with E-state index in [1.165, 1.54) is 4.80 Å². The first kappa shape index (κ1) is 29.8. The molecule has 4 aromatic rings. The third-order valence-corrected chi connectivity index (χ3v) is 9.50. The lowest BCUT2D eigenvalue weighted by molar-refractivity contribution is 0.283. The zero-order valence-electron chi connectivity index (χ0n) is 25.1. The SMILES string of the molecule is CCCCS(=O)(=O)c1ccc2nn(-c3cc(C(C)(C)CC(C)(C)C)cc(C(C)(C)c4ccccc4)c3O)nc2c1. The summed E-state index contributed by atoms with van der Waals surface area (Å²) in [5.41, 5.74) is 3.87. The van der Waals surface area contributed by atoms with Crippen molar-refractivity contribution in [1.82, 2.24) is 15.0 Å². The fourth-order valence-corrected chi connectivity index (χ4v) is 7.20. The van der Waals surface area contributed by atoms with Crippen molar-refractivity contribution in [3.63, 3.8) is 0 Å². The van der Waals surface area contributed by atoms with Crippen LogP contribution >= 0.6 is 0 Å². The van der Waals surface area contributed by atoms with Gasteiger partial charge in [-0.3, -0.25) is 0 Å². The Kier molecular flexibility index (Phi) is 7.94. The second-order valence-electron chi connectivity index (χ2n) is 13.3. The van der Waals surface area contributed by atoms with Gasteiger partial charge in [0.2, 0.25) is 0 Å². The summed E-state index contributed by atoms with van der Waals surface area (Å²) in [6.07, 6.45) is 2.35. The van der Waals surface area contributed by atoms with Gasteiger partial charge in [-0.2, -0.15) is 0 Å². The topological polar surface area (TPSA) is 85.1 Å². The minimum absolute atomic E-state index is 0.0922. The highest BCUT2D eigenvalue weighted by Crippen LogP contribution is 2.44. The molecule has 1 aromatic heterocycles. The number of phenolic OH excluding ortho intramolecular Hbond substituents is 1. The zero-order valence-corrected chi connectivity index (χ0v) is 25.9. The van der Waals surface area contributed by atoms with Gasteiger partial charge in [0.15, 0.2) is 9.84 Å². The molecular formula is C33H43N3O3S. The van der Waals surface area contributed by atoms with Crippen LogP contribution in [0.1, 0.15) is 91.3 Å². The highest BCUT2D eigenvalue weighted by atomic mass is 32.2. The molecule has 40 heavy (non-hydrogen) atoms. The normalized spacial score (nSPS) is 13.2. The summed E-state index contributed by atoms with van der Waals surface area (Å²) in [6.45, 7) is 17.4. The molecular weight excluding hydrogens is 518 g/mol. The van der Waals surface area contributed by atoms with Crippen LogP contribution in [0.3, 0.4) is 0 Å². The van der Waals surface area contributed by atoms with Crippen LogP contribution in [-0.4, -0.2) is 34.3 Å². The number of aromatic nitrogens is 3. The van der Waals surface area contributed by atoms with Crippen LogP contribution in [0.2, 0.25) is 0 Å². The van der Waals surface area contributed by atoms with Crippen molar-refractivity contribution in [2.75, 3.05) is 5.75 Å². The van der Waals surface area contributed by atoms with Crippen molar-refractivity contribution in [2.24, 2.45) is 5.41 Å². The monoisotopic (exact) mass is 561 g/mol. The van der Waals surface area contributed by atoms with Crippen LogP contribution in [0.25, 0.3) is 16.7 Å². The fraction of sp³-hybridized carbons (Fsp3) is 0.455. The summed E-state index contributed by atoms with van der Waals surface area (Å²) in [7, 11) is -3.40. The molecule has 0 aliphatic heterocycles. The van der Waals surface area contributed by atoms with E-state index in [-0.39, 0.29) is 27.2 Å². The lowest BCUT2D eigenvalue weighted by Gasteiger charge is -2.35. The Bertz CT molecular complexity index is 1610. The van der Waals surface area contributed by atoms with E-state index in [1.807, 2.05) is 31.2 Å². The van der Waals surface area contributed by atoms with Crippen LogP contribution in [0, 0.1) is 5.41 Å². The van der Waals surface area contributed by atoms with E-state index in [2.05, 4.69) is 76.9 Å². The third kappa shape index (κ3) is 6.09. The predicted molar refractivity (Wildman–Crippen MR) is 163 cm³/mol. The average Bonchev–Trinajstić information content (AvgIpc) is 3.30. The number of fused-ring (bicyclic) bond motifs is 1. The zero-order chi connectivity index (χ0) is 29.5. The molecule has 6 nitrogen and oxygen atoms in total. The molecule has 0 radical (unpaired) electrons. The summed E-state index contributed by atoms with van der Waals surface area (Å²) in [5.74, 6) is 0.215. The van der Waals surface area contributed by atoms with Crippen LogP contribution in [0.5, 0.6) is 5.75 Å². The highest BCUT2D eigenvalue weighted by molar-refractivity contribution is 7.91. The minimum atomic E-state index is -3.40. The highest BCUT2D eigenvalue weighted by Gasteiger charge is 2.34. The fourth-order valence-electron chi connectivity index (χ4n) is 5.72. The van der Waals surface area contributed by atoms with Gasteiger partial charge in [-0.1, -0.05) is 98.2 Å². The molecule has 0 atom stereocenters. The maximum absolute atomic E-state index is 12.8. The van der Waals surface area contributed by atoms with E-state index in [0.29, 0.717) is 23.1 Å². The lowest BCUT2D eigenvalue weighted by atomic mass is 9.70. The number of unbranched alkanes of at least 4 members (excludes halogenated alkanes) is 1. The Labute approximate surface area is 239 Å². The van der Waals surface area contributed by atoms with Crippen molar-refractivity contribution in [3.05, 3.63) is 77.4 Å². The Balaban J connectivity index is 1.92. The van der Waals surface area contributed by atoms with E-state index in [4.69, 9.17) is 0 Å². The summed E-state index contributed by atoms with van der Waals surface area (Å²) in [4.78, 5) is 1.69. The number of phenols is 1. The van der Waals surface area contributed by atoms with Crippen LogP contribution in [0.15, 0.2) is 65.6 Å². The van der Waals surface area contributed by atoms with Crippen LogP contribution in [0.4, 0.5) is 0 Å². The van der Waals surface area contributed by atoms with Crippen molar-refractivity contribution in [2.45, 2.75) is 90.4 Å². The van der Waals surface area contributed by atoms with E-state index in [1.54, 1.807) is 18.2 Å². The molecule has 0 aliphatic carbocycles. The Morgan fingerprint density at radius 2 is 1.48 bits per heavy atom. The predicted octanol–water partition coefficient (Wildman–Crippen LogP) is 7.74. The largest absolute Gasteiger partial charge is 0.505 e. The number of aromatic hydroxyl groups is 1. The molecule has 7 heteroatoms. The summed E-state index contributed by atoms with van der Waals surface area (Å²) < 4.78 is 25.7. The van der Waals surface area contributed by atoms with Crippen LogP contribution in [-0.2, 0) is 20.7 Å². The summed E-state index contributed by atoms with van der Waals surface area (Å²) in [6, 6.07) is 19.1. The van der Waals surface area contributed by atoms with Crippen LogP contribution < -0.4 is 0 Å². The molecule has 0 fully saturated rings. The molecule has 4 rings (SSSR count). The summed E-state index contributed by atoms with van der Waals surface area (Å²) >= 11 is 0. The van der Waals surface area contributed by atoms with Gasteiger partial charge in [0, 0.05) is 11.0 Å². The van der Waals surface area contributed by atoms with E-state index in [0.717, 1.165) is 29.5 Å². The molecule has 214 valence electrons. The van der Waals surface area contributed by atoms with Crippen molar-refractivity contribution < 1.29 is 13.5 Å². The molecule has 3 aromatic carbocycles. The van der Waals surface area contributed by atoms with Crippen molar-refractivity contribution in [3.8, 4) is 11.4 Å². The first-order chi connectivity index (χ1) is 18.5. The number of nitrogens with zero attached hydrogens (tertiary/aromatic N) is 3. The minimum Gasteiger partial charge on any atom is -0.505 e. The maximum atomic E-state index is 12.8. The van der Waals surface area contributed by atoms with Crippen molar-refractivity contribution in [1.29, 1.82) is 0 Å². The Morgan fingerprint density at radius 3 is 2.10 bits per heavy atom. The lowest BCUT2D eigenvalue weighted by Crippen LogP contribution is -2.27. The van der Waals surface area contributed by atoms with Gasteiger partial charge >= 0.3 is 0 Å². The molecule has 1 heterocycles.